The van der Waals surface area contributed by atoms with Crippen molar-refractivity contribution in [1.82, 2.24) is 4.90 Å². The van der Waals surface area contributed by atoms with Crippen LogP contribution in [-0.2, 0) is 9.53 Å². The average molecular weight is 167 g/mol. The van der Waals surface area contributed by atoms with Gasteiger partial charge in [0.1, 0.15) is 6.61 Å². The van der Waals surface area contributed by atoms with Gasteiger partial charge in [-0.1, -0.05) is 19.2 Å². The third-order valence-corrected chi connectivity index (χ3v) is 1.58. The molecule has 0 amide bonds. The van der Waals surface area contributed by atoms with Crippen molar-refractivity contribution in [2.45, 2.75) is 0 Å². The summed E-state index contributed by atoms with van der Waals surface area (Å²) in [6.45, 7) is 10.1. The van der Waals surface area contributed by atoms with Crippen LogP contribution in [0.5, 0.6) is 0 Å². The lowest BCUT2D eigenvalue weighted by Crippen LogP contribution is -2.14. The average Bonchev–Trinajstić information content (AvgIpc) is 2.83. The van der Waals surface area contributed by atoms with Gasteiger partial charge in [-0.05, 0) is 0 Å². The van der Waals surface area contributed by atoms with Crippen LogP contribution >= 0.6 is 0 Å². The third-order valence-electron chi connectivity index (χ3n) is 1.58. The van der Waals surface area contributed by atoms with Crippen LogP contribution in [-0.4, -0.2) is 37.1 Å². The summed E-state index contributed by atoms with van der Waals surface area (Å²) in [5, 5.41) is 0. The molecular weight excluding hydrogens is 154 g/mol. The van der Waals surface area contributed by atoms with E-state index in [4.69, 9.17) is 4.74 Å². The van der Waals surface area contributed by atoms with Gasteiger partial charge in [-0.15, -0.1) is 0 Å². The largest absolute Gasteiger partial charge is 0.458 e. The summed E-state index contributed by atoms with van der Waals surface area (Å²) in [6, 6.07) is 0. The molecule has 0 spiro atoms. The summed E-state index contributed by atoms with van der Waals surface area (Å²) in [5.41, 5.74) is 0.523. The van der Waals surface area contributed by atoms with E-state index in [2.05, 4.69) is 18.1 Å². The molecule has 66 valence electrons. The highest BCUT2D eigenvalue weighted by atomic mass is 16.5. The van der Waals surface area contributed by atoms with Crippen LogP contribution in [0.1, 0.15) is 0 Å². The molecule has 0 saturated carbocycles. The molecule has 0 aromatic heterocycles. The van der Waals surface area contributed by atoms with Gasteiger partial charge in [0.25, 0.3) is 0 Å². The minimum Gasteiger partial charge on any atom is -0.458 e. The minimum absolute atomic E-state index is 0.262. The van der Waals surface area contributed by atoms with Gasteiger partial charge in [-0.2, -0.15) is 0 Å². The fraction of sp³-hybridized carbons (Fsp3) is 0.444. The molecule has 0 radical (unpaired) electrons. The van der Waals surface area contributed by atoms with E-state index in [0.29, 0.717) is 12.1 Å². The number of carbonyl (C=O) groups excluding carboxylic acids is 1. The Labute approximate surface area is 72.3 Å². The number of hydrogen-bond acceptors (Lipinski definition) is 3. The summed E-state index contributed by atoms with van der Waals surface area (Å²) < 4.78 is 4.80. The zero-order chi connectivity index (χ0) is 8.97. The third kappa shape index (κ3) is 2.88. The Morgan fingerprint density at radius 1 is 1.58 bits per heavy atom. The SMILES string of the molecule is C=CCOC(=O)C(=C)CN1CC1. The smallest absolute Gasteiger partial charge is 0.335 e. The predicted octanol–water partition coefficient (Wildman–Crippen LogP) is 0.587. The van der Waals surface area contributed by atoms with Gasteiger partial charge in [-0.25, -0.2) is 4.79 Å². The molecule has 1 aliphatic rings. The van der Waals surface area contributed by atoms with E-state index in [1.807, 2.05) is 0 Å². The van der Waals surface area contributed by atoms with Gasteiger partial charge in [0, 0.05) is 25.2 Å². The molecule has 1 saturated heterocycles. The standard InChI is InChI=1S/C9H13NO2/c1-3-6-12-9(11)8(2)7-10-4-5-10/h3H,1-2,4-7H2. The van der Waals surface area contributed by atoms with E-state index in [9.17, 15) is 4.79 Å². The van der Waals surface area contributed by atoms with Crippen LogP contribution in [0, 0.1) is 0 Å². The Morgan fingerprint density at radius 3 is 2.75 bits per heavy atom. The lowest BCUT2D eigenvalue weighted by atomic mass is 10.3. The first-order valence-electron chi connectivity index (χ1n) is 3.92. The molecule has 0 bridgehead atoms. The summed E-state index contributed by atoms with van der Waals surface area (Å²) in [7, 11) is 0. The highest BCUT2D eigenvalue weighted by Crippen LogP contribution is 2.07. The van der Waals surface area contributed by atoms with Crippen LogP contribution < -0.4 is 0 Å². The van der Waals surface area contributed by atoms with Gasteiger partial charge in [-0.3, -0.25) is 4.90 Å². The van der Waals surface area contributed by atoms with Crippen molar-refractivity contribution >= 4 is 5.97 Å². The lowest BCUT2D eigenvalue weighted by molar-refractivity contribution is -0.137. The monoisotopic (exact) mass is 167 g/mol. The number of nitrogens with zero attached hydrogens (tertiary/aromatic N) is 1. The second-order valence-corrected chi connectivity index (χ2v) is 2.77. The summed E-state index contributed by atoms with van der Waals surface area (Å²) in [5.74, 6) is -0.318. The Hall–Kier alpha value is -1.09. The van der Waals surface area contributed by atoms with Crippen molar-refractivity contribution in [2.24, 2.45) is 0 Å². The molecule has 1 aliphatic heterocycles. The van der Waals surface area contributed by atoms with Gasteiger partial charge in [0.05, 0.1) is 0 Å². The Morgan fingerprint density at radius 2 is 2.25 bits per heavy atom. The second-order valence-electron chi connectivity index (χ2n) is 2.77. The molecule has 1 fully saturated rings. The fourth-order valence-electron chi connectivity index (χ4n) is 0.800. The quantitative estimate of drug-likeness (QED) is 0.260. The fourth-order valence-corrected chi connectivity index (χ4v) is 0.800. The molecule has 1 heterocycles. The maximum atomic E-state index is 11.1. The molecular formula is C9H13NO2. The highest BCUT2D eigenvalue weighted by molar-refractivity contribution is 5.88. The Kier molecular flexibility index (Phi) is 3.05. The number of ether oxygens (including phenoxy) is 1. The highest BCUT2D eigenvalue weighted by Gasteiger charge is 2.20. The predicted molar refractivity (Wildman–Crippen MR) is 46.7 cm³/mol. The van der Waals surface area contributed by atoms with Gasteiger partial charge in [0.15, 0.2) is 0 Å². The van der Waals surface area contributed by atoms with Crippen molar-refractivity contribution in [3.63, 3.8) is 0 Å². The molecule has 0 aromatic carbocycles. The zero-order valence-electron chi connectivity index (χ0n) is 7.08. The molecule has 3 heteroatoms. The zero-order valence-corrected chi connectivity index (χ0v) is 7.08. The van der Waals surface area contributed by atoms with Crippen molar-refractivity contribution in [1.29, 1.82) is 0 Å². The normalized spacial score (nSPS) is 15.3. The number of esters is 1. The van der Waals surface area contributed by atoms with Crippen molar-refractivity contribution in [3.8, 4) is 0 Å². The summed E-state index contributed by atoms with van der Waals surface area (Å²) in [4.78, 5) is 13.2. The van der Waals surface area contributed by atoms with Gasteiger partial charge >= 0.3 is 5.97 Å². The maximum absolute atomic E-state index is 11.1. The van der Waals surface area contributed by atoms with Gasteiger partial charge in [0.2, 0.25) is 0 Å². The maximum Gasteiger partial charge on any atom is 0.335 e. The van der Waals surface area contributed by atoms with E-state index in [-0.39, 0.29) is 12.6 Å². The molecule has 12 heavy (non-hydrogen) atoms. The van der Waals surface area contributed by atoms with Crippen LogP contribution in [0.4, 0.5) is 0 Å². The van der Waals surface area contributed by atoms with Crippen molar-refractivity contribution in [2.75, 3.05) is 26.2 Å². The molecule has 0 aromatic rings. The van der Waals surface area contributed by atoms with Crippen LogP contribution in [0.2, 0.25) is 0 Å². The molecule has 0 aliphatic carbocycles. The molecule has 1 rings (SSSR count). The number of rotatable bonds is 5. The first-order valence-corrected chi connectivity index (χ1v) is 3.92. The second kappa shape index (κ2) is 4.07. The van der Waals surface area contributed by atoms with E-state index in [1.54, 1.807) is 6.08 Å². The molecule has 0 N–H and O–H groups in total. The Bertz CT molecular complexity index is 207. The lowest BCUT2D eigenvalue weighted by Gasteiger charge is -2.04. The van der Waals surface area contributed by atoms with Crippen molar-refractivity contribution < 1.29 is 9.53 Å². The van der Waals surface area contributed by atoms with Crippen LogP contribution in [0.15, 0.2) is 24.8 Å². The first kappa shape index (κ1) is 9.00. The Balaban J connectivity index is 2.19. The van der Waals surface area contributed by atoms with Crippen LogP contribution in [0.25, 0.3) is 0 Å². The van der Waals surface area contributed by atoms with Crippen molar-refractivity contribution in [3.05, 3.63) is 24.8 Å². The van der Waals surface area contributed by atoms with E-state index < -0.39 is 0 Å². The molecule has 0 unspecified atom stereocenters. The first-order chi connectivity index (χ1) is 5.74. The van der Waals surface area contributed by atoms with E-state index in [0.717, 1.165) is 13.1 Å². The van der Waals surface area contributed by atoms with Gasteiger partial charge < -0.3 is 4.74 Å². The van der Waals surface area contributed by atoms with Crippen LogP contribution in [0.3, 0.4) is 0 Å². The number of carbonyl (C=O) groups is 1. The molecule has 0 atom stereocenters. The summed E-state index contributed by atoms with van der Waals surface area (Å²) in [6.07, 6.45) is 1.54. The topological polar surface area (TPSA) is 29.3 Å². The van der Waals surface area contributed by atoms with E-state index >= 15 is 0 Å². The minimum atomic E-state index is -0.318. The summed E-state index contributed by atoms with van der Waals surface area (Å²) >= 11 is 0. The number of hydrogen-bond donors (Lipinski definition) is 0. The van der Waals surface area contributed by atoms with E-state index in [1.165, 1.54) is 0 Å². The molecule has 3 nitrogen and oxygen atoms in total.